The van der Waals surface area contributed by atoms with Gasteiger partial charge < -0.3 is 4.84 Å². The lowest BCUT2D eigenvalue weighted by atomic mass is 9.44. The smallest absolute Gasteiger partial charge is 0.329 e. The maximum Gasteiger partial charge on any atom is 0.343 e. The second-order valence-corrected chi connectivity index (χ2v) is 7.98. The second-order valence-electron chi connectivity index (χ2n) is 7.98. The molecule has 0 aromatic heterocycles. The number of carbonyl (C=O) groups excluding carboxylic acids is 3. The van der Waals surface area contributed by atoms with E-state index in [4.69, 9.17) is 4.84 Å². The van der Waals surface area contributed by atoms with Crippen molar-refractivity contribution in [1.82, 2.24) is 5.06 Å². The topological polar surface area (TPSA) is 63.7 Å². The van der Waals surface area contributed by atoms with E-state index in [1.807, 2.05) is 30.3 Å². The Balaban J connectivity index is 1.44. The van der Waals surface area contributed by atoms with Gasteiger partial charge in [0.15, 0.2) is 0 Å². The lowest BCUT2D eigenvalue weighted by molar-refractivity contribution is -0.190. The maximum absolute atomic E-state index is 13.2. The van der Waals surface area contributed by atoms with Gasteiger partial charge in [-0.1, -0.05) is 53.9 Å². The van der Waals surface area contributed by atoms with Gasteiger partial charge in [0, 0.05) is 0 Å². The number of nitrogens with zero attached hydrogens (tertiary/aromatic N) is 1. The largest absolute Gasteiger partial charge is 0.343 e. The molecule has 0 atom stereocenters. The number of carbonyl (C=O) groups is 3. The summed E-state index contributed by atoms with van der Waals surface area (Å²) < 4.78 is 0. The minimum Gasteiger partial charge on any atom is -0.329 e. The van der Waals surface area contributed by atoms with Crippen LogP contribution in [0.2, 0.25) is 0 Å². The highest BCUT2D eigenvalue weighted by atomic mass is 16.7. The summed E-state index contributed by atoms with van der Waals surface area (Å²) in [6, 6.07) is 16.1. The number of amides is 2. The molecule has 2 saturated carbocycles. The van der Waals surface area contributed by atoms with Crippen molar-refractivity contribution in [2.75, 3.05) is 0 Å². The van der Waals surface area contributed by atoms with Crippen LogP contribution in [0.4, 0.5) is 0 Å². The average Bonchev–Trinajstić information content (AvgIpc) is 2.86. The first-order valence-corrected chi connectivity index (χ1v) is 9.31. The summed E-state index contributed by atoms with van der Waals surface area (Å²) in [5, 5.41) is 0.628. The van der Waals surface area contributed by atoms with E-state index in [1.54, 1.807) is 24.3 Å². The number of benzene rings is 2. The lowest BCUT2D eigenvalue weighted by Crippen LogP contribution is -2.58. The van der Waals surface area contributed by atoms with Crippen LogP contribution in [-0.4, -0.2) is 22.8 Å². The maximum atomic E-state index is 13.2. The van der Waals surface area contributed by atoms with Crippen LogP contribution in [0.1, 0.15) is 58.4 Å². The third-order valence-corrected chi connectivity index (χ3v) is 6.42. The number of imide groups is 1. The van der Waals surface area contributed by atoms with Gasteiger partial charge in [0.05, 0.1) is 16.5 Å². The van der Waals surface area contributed by atoms with E-state index in [1.165, 1.54) is 6.42 Å². The van der Waals surface area contributed by atoms with E-state index in [2.05, 4.69) is 0 Å². The number of fused-ring (bicyclic) bond motifs is 1. The van der Waals surface area contributed by atoms with Gasteiger partial charge in [-0.3, -0.25) is 9.59 Å². The molecular weight excluding hydrogens is 342 g/mol. The number of rotatable bonds is 3. The van der Waals surface area contributed by atoms with Crippen LogP contribution in [0.15, 0.2) is 54.6 Å². The average molecular weight is 361 g/mol. The minimum atomic E-state index is -0.781. The van der Waals surface area contributed by atoms with Gasteiger partial charge in [0.25, 0.3) is 11.8 Å². The highest BCUT2D eigenvalue weighted by Crippen LogP contribution is 2.65. The van der Waals surface area contributed by atoms with Crippen LogP contribution < -0.4 is 0 Å². The van der Waals surface area contributed by atoms with Gasteiger partial charge in [-0.2, -0.15) is 0 Å². The predicted molar refractivity (Wildman–Crippen MR) is 96.7 cm³/mol. The van der Waals surface area contributed by atoms with Crippen LogP contribution in [0.25, 0.3) is 0 Å². The predicted octanol–water partition coefficient (Wildman–Crippen LogP) is 3.64. The molecule has 1 spiro atoms. The molecule has 2 aliphatic carbocycles. The van der Waals surface area contributed by atoms with Crippen molar-refractivity contribution < 1.29 is 19.2 Å². The van der Waals surface area contributed by atoms with E-state index in [0.29, 0.717) is 17.9 Å². The molecule has 0 radical (unpaired) electrons. The highest BCUT2D eigenvalue weighted by molar-refractivity contribution is 6.21. The number of hydrogen-bond acceptors (Lipinski definition) is 4. The molecule has 5 heteroatoms. The van der Waals surface area contributed by atoms with Gasteiger partial charge in [-0.15, -0.1) is 0 Å². The molecule has 5 nitrogen and oxygen atoms in total. The fourth-order valence-corrected chi connectivity index (χ4v) is 4.90. The van der Waals surface area contributed by atoms with Gasteiger partial charge in [0.1, 0.15) is 0 Å². The van der Waals surface area contributed by atoms with Crippen molar-refractivity contribution in [3.8, 4) is 0 Å². The van der Waals surface area contributed by atoms with Crippen molar-refractivity contribution in [3.63, 3.8) is 0 Å². The first-order chi connectivity index (χ1) is 13.0. The second kappa shape index (κ2) is 5.52. The lowest BCUT2D eigenvalue weighted by Gasteiger charge is -2.59. The monoisotopic (exact) mass is 361 g/mol. The van der Waals surface area contributed by atoms with E-state index in [0.717, 1.165) is 18.4 Å². The first kappa shape index (κ1) is 16.2. The number of hydroxylamine groups is 2. The summed E-state index contributed by atoms with van der Waals surface area (Å²) in [6.07, 6.45) is 4.88. The summed E-state index contributed by atoms with van der Waals surface area (Å²) in [5.41, 5.74) is 0.874. The number of hydrogen-bond donors (Lipinski definition) is 0. The van der Waals surface area contributed by atoms with Crippen molar-refractivity contribution in [2.24, 2.45) is 5.41 Å². The van der Waals surface area contributed by atoms with Crippen LogP contribution in [0, 0.1) is 5.41 Å². The van der Waals surface area contributed by atoms with Crippen molar-refractivity contribution in [2.45, 2.75) is 37.5 Å². The fourth-order valence-electron chi connectivity index (χ4n) is 4.90. The molecule has 3 aliphatic rings. The van der Waals surface area contributed by atoms with Gasteiger partial charge in [0.2, 0.25) is 0 Å². The Kier molecular flexibility index (Phi) is 3.32. The molecule has 2 fully saturated rings. The van der Waals surface area contributed by atoms with E-state index < -0.39 is 23.2 Å². The summed E-state index contributed by atoms with van der Waals surface area (Å²) in [7, 11) is 0. The molecule has 0 unspecified atom stereocenters. The Morgan fingerprint density at radius 2 is 1.41 bits per heavy atom. The molecule has 2 amide bonds. The summed E-state index contributed by atoms with van der Waals surface area (Å²) >= 11 is 0. The molecule has 0 saturated heterocycles. The Hall–Kier alpha value is -2.95. The zero-order valence-electron chi connectivity index (χ0n) is 14.8. The zero-order valence-corrected chi connectivity index (χ0v) is 14.8. The first-order valence-electron chi connectivity index (χ1n) is 9.31. The molecule has 136 valence electrons. The SMILES string of the molecule is O=C1c2ccccc2C(=O)N1OC(=O)C1(c2ccccc2)CC2(CCC2)C1. The highest BCUT2D eigenvalue weighted by Gasteiger charge is 2.63. The third-order valence-electron chi connectivity index (χ3n) is 6.42. The standard InChI is InChI=1S/C22H19NO4/c24-18-16-9-4-5-10-17(16)19(25)23(18)27-20(26)22(15-7-2-1-3-8-15)13-21(14-22)11-6-12-21/h1-5,7-10H,6,11-14H2. The molecule has 1 aliphatic heterocycles. The van der Waals surface area contributed by atoms with Gasteiger partial charge in [-0.25, -0.2) is 4.79 Å². The van der Waals surface area contributed by atoms with Gasteiger partial charge >= 0.3 is 5.97 Å². The van der Waals surface area contributed by atoms with E-state index >= 15 is 0 Å². The Morgan fingerprint density at radius 1 is 0.852 bits per heavy atom. The third kappa shape index (κ3) is 2.21. The molecule has 0 bridgehead atoms. The molecule has 2 aromatic carbocycles. The van der Waals surface area contributed by atoms with Gasteiger partial charge in [-0.05, 0) is 48.8 Å². The molecule has 27 heavy (non-hydrogen) atoms. The summed E-state index contributed by atoms with van der Waals surface area (Å²) in [5.74, 6) is -1.67. The summed E-state index contributed by atoms with van der Waals surface area (Å²) in [6.45, 7) is 0. The molecule has 0 N–H and O–H groups in total. The van der Waals surface area contributed by atoms with E-state index in [9.17, 15) is 14.4 Å². The van der Waals surface area contributed by atoms with Crippen molar-refractivity contribution in [3.05, 3.63) is 71.3 Å². The van der Waals surface area contributed by atoms with Crippen LogP contribution in [-0.2, 0) is 15.0 Å². The molecule has 2 aromatic rings. The van der Waals surface area contributed by atoms with Crippen molar-refractivity contribution in [1.29, 1.82) is 0 Å². The minimum absolute atomic E-state index is 0.219. The molecule has 5 rings (SSSR count). The quantitative estimate of drug-likeness (QED) is 0.783. The normalized spacial score (nSPS) is 21.4. The van der Waals surface area contributed by atoms with Crippen LogP contribution in [0.5, 0.6) is 0 Å². The Labute approximate surface area is 156 Å². The Morgan fingerprint density at radius 3 is 1.93 bits per heavy atom. The van der Waals surface area contributed by atoms with E-state index in [-0.39, 0.29) is 16.5 Å². The fraction of sp³-hybridized carbons (Fsp3) is 0.318. The van der Waals surface area contributed by atoms with Crippen molar-refractivity contribution >= 4 is 17.8 Å². The van der Waals surface area contributed by atoms with Crippen LogP contribution in [0.3, 0.4) is 0 Å². The zero-order chi connectivity index (χ0) is 18.6. The Bertz CT molecular complexity index is 918. The molecular formula is C22H19NO4. The summed E-state index contributed by atoms with van der Waals surface area (Å²) in [4.78, 5) is 43.7. The molecule has 1 heterocycles. The van der Waals surface area contributed by atoms with Crippen LogP contribution >= 0.6 is 0 Å².